The summed E-state index contributed by atoms with van der Waals surface area (Å²) >= 11 is 9.77. The Kier molecular flexibility index (Phi) is 4.81. The number of anilines is 3. The number of fused-ring (bicyclic) bond motifs is 2. The van der Waals surface area contributed by atoms with E-state index in [9.17, 15) is 0 Å². The average molecular weight is 418 g/mol. The van der Waals surface area contributed by atoms with Crippen LogP contribution < -0.4 is 4.90 Å². The monoisotopic (exact) mass is 417 g/mol. The molecule has 0 saturated carbocycles. The van der Waals surface area contributed by atoms with E-state index in [1.165, 1.54) is 19.6 Å². The molecule has 0 fully saturated rings. The summed E-state index contributed by atoms with van der Waals surface area (Å²) in [5.41, 5.74) is 3.45. The Morgan fingerprint density at radius 3 is 1.64 bits per heavy atom. The standard InChI is InChI=1S/C24H16ClNS2/c25-17-11-13-21-23(15-17)27-22-14-12-20(16-24(22)28-21)26(18-7-3-1-4-8-18)19-9-5-2-6-10-19/h1-16H. The predicted octanol–water partition coefficient (Wildman–Crippen LogP) is 8.43. The highest BCUT2D eigenvalue weighted by atomic mass is 35.5. The quantitative estimate of drug-likeness (QED) is 0.290. The van der Waals surface area contributed by atoms with Crippen molar-refractivity contribution in [1.29, 1.82) is 0 Å². The molecular weight excluding hydrogens is 402 g/mol. The molecule has 1 nitrogen and oxygen atoms in total. The van der Waals surface area contributed by atoms with Crippen molar-refractivity contribution >= 4 is 52.2 Å². The Bertz CT molecular complexity index is 1090. The molecule has 1 aliphatic heterocycles. The summed E-state index contributed by atoms with van der Waals surface area (Å²) in [6.45, 7) is 0. The lowest BCUT2D eigenvalue weighted by Crippen LogP contribution is -2.10. The molecule has 136 valence electrons. The van der Waals surface area contributed by atoms with Gasteiger partial charge in [-0.3, -0.25) is 0 Å². The number of hydrogen-bond donors (Lipinski definition) is 0. The van der Waals surface area contributed by atoms with E-state index in [1.54, 1.807) is 11.8 Å². The average Bonchev–Trinajstić information content (AvgIpc) is 2.74. The van der Waals surface area contributed by atoms with E-state index in [4.69, 9.17) is 11.6 Å². The highest BCUT2D eigenvalue weighted by molar-refractivity contribution is 8.05. The summed E-state index contributed by atoms with van der Waals surface area (Å²) in [4.78, 5) is 7.31. The van der Waals surface area contributed by atoms with Crippen LogP contribution in [-0.2, 0) is 0 Å². The first-order valence-corrected chi connectivity index (χ1v) is 11.0. The van der Waals surface area contributed by atoms with E-state index in [0.717, 1.165) is 22.1 Å². The molecule has 0 aliphatic carbocycles. The second-order valence-corrected chi connectivity index (χ2v) is 9.04. The third-order valence-corrected chi connectivity index (χ3v) is 7.32. The van der Waals surface area contributed by atoms with Crippen LogP contribution in [0.25, 0.3) is 0 Å². The normalized spacial score (nSPS) is 12.2. The lowest BCUT2D eigenvalue weighted by atomic mass is 10.2. The van der Waals surface area contributed by atoms with Gasteiger partial charge in [-0.05, 0) is 60.7 Å². The van der Waals surface area contributed by atoms with Crippen LogP contribution in [0.5, 0.6) is 0 Å². The largest absolute Gasteiger partial charge is 0.310 e. The number of benzene rings is 4. The molecule has 4 heteroatoms. The third kappa shape index (κ3) is 3.42. The second-order valence-electron chi connectivity index (χ2n) is 6.43. The molecule has 4 aromatic rings. The molecule has 0 aromatic heterocycles. The van der Waals surface area contributed by atoms with Gasteiger partial charge in [-0.25, -0.2) is 0 Å². The maximum absolute atomic E-state index is 6.18. The van der Waals surface area contributed by atoms with Crippen molar-refractivity contribution in [3.8, 4) is 0 Å². The lowest BCUT2D eigenvalue weighted by Gasteiger charge is -2.27. The van der Waals surface area contributed by atoms with Crippen LogP contribution in [0.4, 0.5) is 17.1 Å². The highest BCUT2D eigenvalue weighted by Crippen LogP contribution is 2.50. The smallest absolute Gasteiger partial charge is 0.0473 e. The fraction of sp³-hybridized carbons (Fsp3) is 0. The van der Waals surface area contributed by atoms with Gasteiger partial charge in [0.1, 0.15) is 0 Å². The zero-order valence-electron chi connectivity index (χ0n) is 14.9. The van der Waals surface area contributed by atoms with Crippen molar-refractivity contribution in [3.05, 3.63) is 102 Å². The zero-order valence-corrected chi connectivity index (χ0v) is 17.3. The van der Waals surface area contributed by atoms with Crippen LogP contribution in [0.15, 0.2) is 117 Å². The SMILES string of the molecule is Clc1ccc2c(c1)Sc1ccc(N(c3ccccc3)c3ccccc3)cc1S2. The first-order chi connectivity index (χ1) is 13.8. The van der Waals surface area contributed by atoms with E-state index in [0.29, 0.717) is 0 Å². The van der Waals surface area contributed by atoms with Crippen LogP contribution in [0.3, 0.4) is 0 Å². The summed E-state index contributed by atoms with van der Waals surface area (Å²) in [6.07, 6.45) is 0. The number of para-hydroxylation sites is 2. The minimum absolute atomic E-state index is 0.784. The van der Waals surface area contributed by atoms with Gasteiger partial charge in [0.2, 0.25) is 0 Å². The molecule has 1 heterocycles. The number of rotatable bonds is 3. The van der Waals surface area contributed by atoms with Crippen molar-refractivity contribution in [2.24, 2.45) is 0 Å². The summed E-state index contributed by atoms with van der Waals surface area (Å²) in [6, 6.07) is 33.8. The second kappa shape index (κ2) is 7.59. The summed E-state index contributed by atoms with van der Waals surface area (Å²) in [5, 5.41) is 0.784. The fourth-order valence-electron chi connectivity index (χ4n) is 3.28. The molecule has 0 unspecified atom stereocenters. The maximum atomic E-state index is 6.18. The van der Waals surface area contributed by atoms with Gasteiger partial charge in [-0.1, -0.05) is 71.5 Å². The third-order valence-electron chi connectivity index (χ3n) is 4.56. The molecule has 0 bridgehead atoms. The summed E-state index contributed by atoms with van der Waals surface area (Å²) in [5.74, 6) is 0. The van der Waals surface area contributed by atoms with Gasteiger partial charge < -0.3 is 4.90 Å². The number of hydrogen-bond acceptors (Lipinski definition) is 3. The minimum Gasteiger partial charge on any atom is -0.310 e. The van der Waals surface area contributed by atoms with E-state index in [2.05, 4.69) is 77.7 Å². The predicted molar refractivity (Wildman–Crippen MR) is 121 cm³/mol. The van der Waals surface area contributed by atoms with Crippen molar-refractivity contribution in [2.45, 2.75) is 19.6 Å². The molecule has 0 spiro atoms. The van der Waals surface area contributed by atoms with Gasteiger partial charge >= 0.3 is 0 Å². The van der Waals surface area contributed by atoms with Gasteiger partial charge in [0, 0.05) is 41.7 Å². The molecule has 28 heavy (non-hydrogen) atoms. The number of halogens is 1. The van der Waals surface area contributed by atoms with Gasteiger partial charge in [-0.2, -0.15) is 0 Å². The van der Waals surface area contributed by atoms with Crippen molar-refractivity contribution in [3.63, 3.8) is 0 Å². The van der Waals surface area contributed by atoms with Gasteiger partial charge in [-0.15, -0.1) is 0 Å². The van der Waals surface area contributed by atoms with Gasteiger partial charge in [0.15, 0.2) is 0 Å². The van der Waals surface area contributed by atoms with E-state index in [-0.39, 0.29) is 0 Å². The molecule has 0 saturated heterocycles. The molecule has 1 aliphatic rings. The Morgan fingerprint density at radius 1 is 0.500 bits per heavy atom. The fourth-order valence-corrected chi connectivity index (χ4v) is 5.79. The summed E-state index contributed by atoms with van der Waals surface area (Å²) < 4.78 is 0. The molecule has 4 aromatic carbocycles. The molecule has 0 atom stereocenters. The molecular formula is C24H16ClNS2. The van der Waals surface area contributed by atoms with E-state index in [1.807, 2.05) is 36.0 Å². The Labute approximate surface area is 178 Å². The van der Waals surface area contributed by atoms with Crippen molar-refractivity contribution in [1.82, 2.24) is 0 Å². The first-order valence-electron chi connectivity index (χ1n) is 8.97. The topological polar surface area (TPSA) is 3.24 Å². The van der Waals surface area contributed by atoms with Crippen molar-refractivity contribution in [2.75, 3.05) is 4.90 Å². The van der Waals surface area contributed by atoms with Crippen LogP contribution in [0.1, 0.15) is 0 Å². The summed E-state index contributed by atoms with van der Waals surface area (Å²) in [7, 11) is 0. The minimum atomic E-state index is 0.784. The van der Waals surface area contributed by atoms with Crippen molar-refractivity contribution < 1.29 is 0 Å². The van der Waals surface area contributed by atoms with Crippen LogP contribution >= 0.6 is 35.1 Å². The molecule has 5 rings (SSSR count). The number of nitrogens with zero attached hydrogens (tertiary/aromatic N) is 1. The van der Waals surface area contributed by atoms with E-state index < -0.39 is 0 Å². The molecule has 0 radical (unpaired) electrons. The van der Waals surface area contributed by atoms with E-state index >= 15 is 0 Å². The van der Waals surface area contributed by atoms with Crippen LogP contribution in [0, 0.1) is 0 Å². The zero-order chi connectivity index (χ0) is 18.9. The van der Waals surface area contributed by atoms with Crippen LogP contribution in [0.2, 0.25) is 5.02 Å². The molecule has 0 N–H and O–H groups in total. The maximum Gasteiger partial charge on any atom is 0.0473 e. The molecule has 0 amide bonds. The Morgan fingerprint density at radius 2 is 1.04 bits per heavy atom. The Balaban J connectivity index is 1.59. The Hall–Kier alpha value is -2.33. The highest BCUT2D eigenvalue weighted by Gasteiger charge is 2.20. The first kappa shape index (κ1) is 17.7. The van der Waals surface area contributed by atoms with Gasteiger partial charge in [0.25, 0.3) is 0 Å². The van der Waals surface area contributed by atoms with Gasteiger partial charge in [0.05, 0.1) is 0 Å². The van der Waals surface area contributed by atoms with Crippen LogP contribution in [-0.4, -0.2) is 0 Å². The lowest BCUT2D eigenvalue weighted by molar-refractivity contribution is 1.14.